The van der Waals surface area contributed by atoms with Crippen molar-refractivity contribution in [2.75, 3.05) is 30.0 Å². The normalized spacial score (nSPS) is 21.7. The quantitative estimate of drug-likeness (QED) is 0.813. The van der Waals surface area contributed by atoms with E-state index >= 15 is 0 Å². The highest BCUT2D eigenvalue weighted by Crippen LogP contribution is 2.37. The van der Waals surface area contributed by atoms with Crippen molar-refractivity contribution in [3.63, 3.8) is 0 Å². The van der Waals surface area contributed by atoms with Crippen molar-refractivity contribution < 1.29 is 9.53 Å². The van der Waals surface area contributed by atoms with E-state index in [4.69, 9.17) is 10.5 Å². The second kappa shape index (κ2) is 6.35. The first-order valence-corrected chi connectivity index (χ1v) is 7.83. The van der Waals surface area contributed by atoms with Crippen LogP contribution in [0.15, 0.2) is 12.3 Å². The molecule has 1 aromatic rings. The molecule has 1 aliphatic rings. The van der Waals surface area contributed by atoms with Gasteiger partial charge in [-0.1, -0.05) is 0 Å². The number of hydrogen-bond acceptors (Lipinski definition) is 6. The molecule has 2 heterocycles. The zero-order valence-corrected chi connectivity index (χ0v) is 12.8. The summed E-state index contributed by atoms with van der Waals surface area (Å²) < 4.78 is 5.24. The number of carbonyl (C=O) groups excluding carboxylic acids is 1. The van der Waals surface area contributed by atoms with Gasteiger partial charge in [0, 0.05) is 11.3 Å². The summed E-state index contributed by atoms with van der Waals surface area (Å²) in [5.74, 6) is 1.35. The van der Waals surface area contributed by atoms with E-state index in [2.05, 4.69) is 17.2 Å². The first-order valence-electron chi connectivity index (χ1n) is 6.84. The SMILES string of the molecule is CCOC(=O)c1cc(N)cnc1NCC1(C)CCCS1. The molecule has 1 atom stereocenters. The van der Waals surface area contributed by atoms with E-state index in [1.165, 1.54) is 18.6 Å². The van der Waals surface area contributed by atoms with Crippen LogP contribution in [0.5, 0.6) is 0 Å². The van der Waals surface area contributed by atoms with E-state index < -0.39 is 0 Å². The summed E-state index contributed by atoms with van der Waals surface area (Å²) in [5.41, 5.74) is 6.56. The number of nitrogens with one attached hydrogen (secondary N) is 1. The molecular formula is C14H21N3O2S. The van der Waals surface area contributed by atoms with Gasteiger partial charge in [-0.2, -0.15) is 11.8 Å². The van der Waals surface area contributed by atoms with Gasteiger partial charge in [0.2, 0.25) is 0 Å². The molecular weight excluding hydrogens is 274 g/mol. The maximum absolute atomic E-state index is 11.9. The molecule has 0 spiro atoms. The lowest BCUT2D eigenvalue weighted by Crippen LogP contribution is -2.28. The number of nitrogens with zero attached hydrogens (tertiary/aromatic N) is 1. The lowest BCUT2D eigenvalue weighted by molar-refractivity contribution is 0.0527. The smallest absolute Gasteiger partial charge is 0.341 e. The van der Waals surface area contributed by atoms with Gasteiger partial charge in [-0.15, -0.1) is 0 Å². The Hall–Kier alpha value is -1.43. The summed E-state index contributed by atoms with van der Waals surface area (Å²) in [5, 5.41) is 3.27. The summed E-state index contributed by atoms with van der Waals surface area (Å²) in [6.07, 6.45) is 3.96. The number of aromatic nitrogens is 1. The fourth-order valence-electron chi connectivity index (χ4n) is 2.23. The lowest BCUT2D eigenvalue weighted by Gasteiger charge is -2.23. The summed E-state index contributed by atoms with van der Waals surface area (Å²) in [6.45, 7) is 5.13. The third-order valence-corrected chi connectivity index (χ3v) is 4.87. The molecule has 3 N–H and O–H groups in total. The van der Waals surface area contributed by atoms with Gasteiger partial charge in [0.25, 0.3) is 0 Å². The molecule has 1 fully saturated rings. The molecule has 5 nitrogen and oxygen atoms in total. The van der Waals surface area contributed by atoms with E-state index in [9.17, 15) is 4.79 Å². The first kappa shape index (κ1) is 15.0. The molecule has 1 unspecified atom stereocenters. The molecule has 6 heteroatoms. The van der Waals surface area contributed by atoms with Crippen LogP contribution in [0.3, 0.4) is 0 Å². The Morgan fingerprint density at radius 1 is 1.65 bits per heavy atom. The van der Waals surface area contributed by atoms with Crippen molar-refractivity contribution in [1.82, 2.24) is 4.98 Å². The summed E-state index contributed by atoms with van der Waals surface area (Å²) in [6, 6.07) is 1.61. The van der Waals surface area contributed by atoms with Crippen molar-refractivity contribution >= 4 is 29.2 Å². The van der Waals surface area contributed by atoms with E-state index in [0.29, 0.717) is 23.7 Å². The van der Waals surface area contributed by atoms with Gasteiger partial charge >= 0.3 is 5.97 Å². The standard InChI is InChI=1S/C14H21N3O2S/c1-3-19-13(18)11-7-10(15)8-16-12(11)17-9-14(2)5-4-6-20-14/h7-8H,3-6,9,15H2,1-2H3,(H,16,17). The number of esters is 1. The average Bonchev–Trinajstić information content (AvgIpc) is 2.85. The predicted molar refractivity (Wildman–Crippen MR) is 83.2 cm³/mol. The summed E-state index contributed by atoms with van der Waals surface area (Å²) in [4.78, 5) is 16.2. The second-order valence-electron chi connectivity index (χ2n) is 5.14. The number of carbonyl (C=O) groups is 1. The zero-order valence-electron chi connectivity index (χ0n) is 11.9. The number of nitrogens with two attached hydrogens (primary N) is 1. The third-order valence-electron chi connectivity index (χ3n) is 3.33. The number of hydrogen-bond donors (Lipinski definition) is 2. The number of thioether (sulfide) groups is 1. The highest BCUT2D eigenvalue weighted by Gasteiger charge is 2.29. The molecule has 0 bridgehead atoms. The maximum Gasteiger partial charge on any atom is 0.341 e. The van der Waals surface area contributed by atoms with Gasteiger partial charge in [0.15, 0.2) is 0 Å². The lowest BCUT2D eigenvalue weighted by atomic mass is 10.1. The van der Waals surface area contributed by atoms with Crippen molar-refractivity contribution in [2.24, 2.45) is 0 Å². The third kappa shape index (κ3) is 3.56. The minimum Gasteiger partial charge on any atom is -0.462 e. The number of pyridine rings is 1. The van der Waals surface area contributed by atoms with Crippen LogP contribution in [-0.4, -0.2) is 34.6 Å². The Morgan fingerprint density at radius 2 is 2.45 bits per heavy atom. The molecule has 20 heavy (non-hydrogen) atoms. The molecule has 0 aromatic carbocycles. The zero-order chi connectivity index (χ0) is 14.6. The van der Waals surface area contributed by atoms with Crippen LogP contribution < -0.4 is 11.1 Å². The molecule has 0 saturated carbocycles. The predicted octanol–water partition coefficient (Wildman–Crippen LogP) is 2.54. The van der Waals surface area contributed by atoms with Gasteiger partial charge < -0.3 is 15.8 Å². The maximum atomic E-state index is 11.9. The monoisotopic (exact) mass is 295 g/mol. The molecule has 0 aliphatic carbocycles. The van der Waals surface area contributed by atoms with Crippen LogP contribution in [0.25, 0.3) is 0 Å². The van der Waals surface area contributed by atoms with E-state index in [-0.39, 0.29) is 10.7 Å². The van der Waals surface area contributed by atoms with Crippen molar-refractivity contribution in [3.05, 3.63) is 17.8 Å². The van der Waals surface area contributed by atoms with E-state index in [1.54, 1.807) is 19.2 Å². The fraction of sp³-hybridized carbons (Fsp3) is 0.571. The topological polar surface area (TPSA) is 77.2 Å². The van der Waals surface area contributed by atoms with Gasteiger partial charge in [-0.05, 0) is 38.5 Å². The Bertz CT molecular complexity index is 487. The summed E-state index contributed by atoms with van der Waals surface area (Å²) in [7, 11) is 0. The second-order valence-corrected chi connectivity index (χ2v) is 6.82. The van der Waals surface area contributed by atoms with Crippen molar-refractivity contribution in [2.45, 2.75) is 31.4 Å². The Labute approximate surface area is 123 Å². The number of nitrogen functional groups attached to an aromatic ring is 1. The van der Waals surface area contributed by atoms with Crippen LogP contribution >= 0.6 is 11.8 Å². The Balaban J connectivity index is 2.12. The van der Waals surface area contributed by atoms with Gasteiger partial charge in [-0.3, -0.25) is 0 Å². The Morgan fingerprint density at radius 3 is 3.10 bits per heavy atom. The number of anilines is 2. The Kier molecular flexibility index (Phi) is 4.75. The number of ether oxygens (including phenoxy) is 1. The van der Waals surface area contributed by atoms with E-state index in [1.807, 2.05) is 11.8 Å². The minimum atomic E-state index is -0.390. The highest BCUT2D eigenvalue weighted by molar-refractivity contribution is 8.00. The largest absolute Gasteiger partial charge is 0.462 e. The van der Waals surface area contributed by atoms with Gasteiger partial charge in [0.1, 0.15) is 11.4 Å². The number of rotatable bonds is 5. The molecule has 2 rings (SSSR count). The average molecular weight is 295 g/mol. The molecule has 0 amide bonds. The first-order chi connectivity index (χ1) is 9.54. The van der Waals surface area contributed by atoms with Crippen molar-refractivity contribution in [3.8, 4) is 0 Å². The minimum absolute atomic E-state index is 0.203. The van der Waals surface area contributed by atoms with Crippen LogP contribution in [0.4, 0.5) is 11.5 Å². The highest BCUT2D eigenvalue weighted by atomic mass is 32.2. The van der Waals surface area contributed by atoms with Crippen LogP contribution in [0.2, 0.25) is 0 Å². The molecule has 1 aliphatic heterocycles. The molecule has 0 radical (unpaired) electrons. The molecule has 110 valence electrons. The van der Waals surface area contributed by atoms with Crippen LogP contribution in [0.1, 0.15) is 37.0 Å². The fourth-order valence-corrected chi connectivity index (χ4v) is 3.48. The summed E-state index contributed by atoms with van der Waals surface area (Å²) >= 11 is 1.96. The molecule has 1 saturated heterocycles. The van der Waals surface area contributed by atoms with Crippen LogP contribution in [0, 0.1) is 0 Å². The van der Waals surface area contributed by atoms with Crippen molar-refractivity contribution in [1.29, 1.82) is 0 Å². The van der Waals surface area contributed by atoms with Gasteiger partial charge in [-0.25, -0.2) is 9.78 Å². The van der Waals surface area contributed by atoms with Crippen LogP contribution in [-0.2, 0) is 4.74 Å². The molecule has 1 aromatic heterocycles. The van der Waals surface area contributed by atoms with E-state index in [0.717, 1.165) is 6.54 Å². The van der Waals surface area contributed by atoms with Gasteiger partial charge in [0.05, 0.1) is 18.5 Å².